The first-order valence-corrected chi connectivity index (χ1v) is 6.75. The fourth-order valence-electron chi connectivity index (χ4n) is 2.71. The van der Waals surface area contributed by atoms with E-state index in [1.807, 2.05) is 37.3 Å². The number of nitrogens with zero attached hydrogens (tertiary/aromatic N) is 1. The Hall–Kier alpha value is -1.77. The summed E-state index contributed by atoms with van der Waals surface area (Å²) in [5.41, 5.74) is 2.76. The van der Waals surface area contributed by atoms with Gasteiger partial charge in [-0.3, -0.25) is 0 Å². The Morgan fingerprint density at radius 1 is 1.42 bits per heavy atom. The number of hydrogen-bond donors (Lipinski definition) is 2. The quantitative estimate of drug-likeness (QED) is 0.488. The molecule has 2 atom stereocenters. The Balaban J connectivity index is 2.17. The molecule has 1 aliphatic rings. The lowest BCUT2D eigenvalue weighted by molar-refractivity contribution is 0.303. The van der Waals surface area contributed by atoms with Crippen LogP contribution in [0.25, 0.3) is 0 Å². The molecule has 2 rings (SSSR count). The molecule has 0 amide bonds. The van der Waals surface area contributed by atoms with Crippen LogP contribution in [0.1, 0.15) is 33.1 Å². The average molecular weight is 258 g/mol. The summed E-state index contributed by atoms with van der Waals surface area (Å²) in [5, 5.41) is 16.4. The molecule has 1 fully saturated rings. The van der Waals surface area contributed by atoms with Crippen molar-refractivity contribution in [3.63, 3.8) is 0 Å². The van der Waals surface area contributed by atoms with Gasteiger partial charge in [0, 0.05) is 5.69 Å². The number of benzene rings is 1. The minimum atomic E-state index is -0.276. The van der Waals surface area contributed by atoms with Crippen molar-refractivity contribution < 1.29 is 5.21 Å². The highest BCUT2D eigenvalue weighted by molar-refractivity contribution is 5.96. The van der Waals surface area contributed by atoms with E-state index in [-0.39, 0.29) is 5.54 Å². The number of oxime groups is 1. The Bertz CT molecular complexity index is 481. The largest absolute Gasteiger partial charge is 0.411 e. The van der Waals surface area contributed by atoms with Gasteiger partial charge in [0.25, 0.3) is 0 Å². The molecule has 0 radical (unpaired) electrons. The van der Waals surface area contributed by atoms with Gasteiger partial charge in [-0.05, 0) is 51.2 Å². The van der Waals surface area contributed by atoms with Crippen molar-refractivity contribution in [2.24, 2.45) is 11.1 Å². The molecule has 1 aromatic rings. The van der Waals surface area contributed by atoms with Crippen LogP contribution in [-0.4, -0.2) is 16.5 Å². The molecule has 3 nitrogen and oxygen atoms in total. The molecule has 3 heteroatoms. The summed E-state index contributed by atoms with van der Waals surface area (Å²) in [4.78, 5) is 0. The molecule has 19 heavy (non-hydrogen) atoms. The topological polar surface area (TPSA) is 44.6 Å². The third-order valence-electron chi connectivity index (χ3n) is 4.08. The minimum Gasteiger partial charge on any atom is -0.411 e. The number of allylic oxidation sites excluding steroid dienone is 1. The van der Waals surface area contributed by atoms with Crippen molar-refractivity contribution >= 4 is 11.4 Å². The van der Waals surface area contributed by atoms with Gasteiger partial charge in [-0.2, -0.15) is 0 Å². The molecule has 0 unspecified atom stereocenters. The molecule has 0 bridgehead atoms. The number of anilines is 1. The van der Waals surface area contributed by atoms with Crippen LogP contribution in [0.5, 0.6) is 0 Å². The van der Waals surface area contributed by atoms with Gasteiger partial charge < -0.3 is 10.5 Å². The normalized spacial score (nSPS) is 29.2. The number of para-hydroxylation sites is 1. The van der Waals surface area contributed by atoms with Crippen LogP contribution in [0, 0.1) is 5.92 Å². The number of rotatable bonds is 3. The molecule has 1 aliphatic carbocycles. The van der Waals surface area contributed by atoms with Crippen LogP contribution in [0.2, 0.25) is 0 Å². The standard InChI is InChI=1S/C16H22N2O/c1-12(2)13-9-10-16(3,15(11-13)18-19)17-14-7-5-4-6-8-14/h4-8,13,17,19H,1,9-11H2,2-3H3/b18-15-/t13-,16+/m0/s1. The number of nitrogens with one attached hydrogen (secondary N) is 1. The van der Waals surface area contributed by atoms with Gasteiger partial charge in [0.05, 0.1) is 11.3 Å². The van der Waals surface area contributed by atoms with Crippen LogP contribution in [0.15, 0.2) is 47.6 Å². The first-order chi connectivity index (χ1) is 9.05. The fourth-order valence-corrected chi connectivity index (χ4v) is 2.71. The predicted molar refractivity (Wildman–Crippen MR) is 79.8 cm³/mol. The predicted octanol–water partition coefficient (Wildman–Crippen LogP) is 4.06. The van der Waals surface area contributed by atoms with Gasteiger partial charge in [-0.1, -0.05) is 35.5 Å². The summed E-state index contributed by atoms with van der Waals surface area (Å²) in [7, 11) is 0. The number of hydrogen-bond acceptors (Lipinski definition) is 3. The maximum Gasteiger partial charge on any atom is 0.0827 e. The molecular weight excluding hydrogens is 236 g/mol. The van der Waals surface area contributed by atoms with E-state index in [0.29, 0.717) is 5.92 Å². The van der Waals surface area contributed by atoms with Crippen molar-refractivity contribution in [3.8, 4) is 0 Å². The van der Waals surface area contributed by atoms with Gasteiger partial charge in [0.15, 0.2) is 0 Å². The van der Waals surface area contributed by atoms with Crippen molar-refractivity contribution in [1.29, 1.82) is 0 Å². The lowest BCUT2D eigenvalue weighted by atomic mass is 9.74. The third-order valence-corrected chi connectivity index (χ3v) is 4.08. The highest BCUT2D eigenvalue weighted by Crippen LogP contribution is 2.35. The molecular formula is C16H22N2O. The van der Waals surface area contributed by atoms with Crippen molar-refractivity contribution in [2.45, 2.75) is 38.6 Å². The zero-order valence-electron chi connectivity index (χ0n) is 11.7. The van der Waals surface area contributed by atoms with E-state index < -0.39 is 0 Å². The first-order valence-electron chi connectivity index (χ1n) is 6.75. The summed E-state index contributed by atoms with van der Waals surface area (Å²) in [6.07, 6.45) is 2.80. The van der Waals surface area contributed by atoms with Crippen LogP contribution in [0.3, 0.4) is 0 Å². The second-order valence-electron chi connectivity index (χ2n) is 5.66. The summed E-state index contributed by atoms with van der Waals surface area (Å²) in [5.74, 6) is 0.427. The van der Waals surface area contributed by atoms with E-state index in [1.165, 1.54) is 5.57 Å². The molecule has 1 aromatic carbocycles. The van der Waals surface area contributed by atoms with Gasteiger partial charge in [-0.15, -0.1) is 0 Å². The third kappa shape index (κ3) is 2.98. The highest BCUT2D eigenvalue weighted by atomic mass is 16.4. The molecule has 102 valence electrons. The van der Waals surface area contributed by atoms with Gasteiger partial charge in [0.1, 0.15) is 0 Å². The van der Waals surface area contributed by atoms with Crippen molar-refractivity contribution in [2.75, 3.05) is 5.32 Å². The fraction of sp³-hybridized carbons (Fsp3) is 0.438. The highest BCUT2D eigenvalue weighted by Gasteiger charge is 2.37. The zero-order valence-corrected chi connectivity index (χ0v) is 11.7. The monoisotopic (exact) mass is 258 g/mol. The molecule has 0 aliphatic heterocycles. The molecule has 0 spiro atoms. The van der Waals surface area contributed by atoms with Gasteiger partial charge in [-0.25, -0.2) is 0 Å². The molecule has 2 N–H and O–H groups in total. The van der Waals surface area contributed by atoms with E-state index in [1.54, 1.807) is 0 Å². The molecule has 1 saturated carbocycles. The lowest BCUT2D eigenvalue weighted by Crippen LogP contribution is -2.47. The van der Waals surface area contributed by atoms with E-state index in [4.69, 9.17) is 0 Å². The maximum absolute atomic E-state index is 9.32. The van der Waals surface area contributed by atoms with E-state index in [0.717, 1.165) is 30.7 Å². The van der Waals surface area contributed by atoms with Crippen LogP contribution >= 0.6 is 0 Å². The molecule has 0 saturated heterocycles. The Morgan fingerprint density at radius 3 is 2.68 bits per heavy atom. The van der Waals surface area contributed by atoms with Crippen LogP contribution < -0.4 is 5.32 Å². The summed E-state index contributed by atoms with van der Waals surface area (Å²) in [6.45, 7) is 8.17. The van der Waals surface area contributed by atoms with Gasteiger partial charge >= 0.3 is 0 Å². The van der Waals surface area contributed by atoms with E-state index in [9.17, 15) is 5.21 Å². The Kier molecular flexibility index (Phi) is 3.93. The van der Waals surface area contributed by atoms with Crippen molar-refractivity contribution in [3.05, 3.63) is 42.5 Å². The summed E-state index contributed by atoms with van der Waals surface area (Å²) in [6, 6.07) is 10.1. The van der Waals surface area contributed by atoms with Gasteiger partial charge in [0.2, 0.25) is 0 Å². The minimum absolute atomic E-state index is 0.276. The summed E-state index contributed by atoms with van der Waals surface area (Å²) >= 11 is 0. The Labute approximate surface area is 115 Å². The lowest BCUT2D eigenvalue weighted by Gasteiger charge is -2.39. The Morgan fingerprint density at radius 2 is 2.11 bits per heavy atom. The second-order valence-corrected chi connectivity index (χ2v) is 5.66. The maximum atomic E-state index is 9.32. The SMILES string of the molecule is C=C(C)[C@H]1CC[C@@](C)(Nc2ccccc2)/C(=N\O)C1. The second kappa shape index (κ2) is 5.47. The smallest absolute Gasteiger partial charge is 0.0827 e. The molecule has 0 heterocycles. The van der Waals surface area contributed by atoms with Crippen LogP contribution in [0.4, 0.5) is 5.69 Å². The average Bonchev–Trinajstić information content (AvgIpc) is 2.39. The molecule has 0 aromatic heterocycles. The zero-order chi connectivity index (χ0) is 13.9. The van der Waals surface area contributed by atoms with Crippen molar-refractivity contribution in [1.82, 2.24) is 0 Å². The van der Waals surface area contributed by atoms with E-state index >= 15 is 0 Å². The van der Waals surface area contributed by atoms with E-state index in [2.05, 4.69) is 24.0 Å². The summed E-state index contributed by atoms with van der Waals surface area (Å²) < 4.78 is 0. The first kappa shape index (κ1) is 13.7. The van der Waals surface area contributed by atoms with Crippen LogP contribution in [-0.2, 0) is 0 Å².